The van der Waals surface area contributed by atoms with E-state index < -0.39 is 0 Å². The highest BCUT2D eigenvalue weighted by molar-refractivity contribution is 6.02. The first-order valence-electron chi connectivity index (χ1n) is 6.54. The van der Waals surface area contributed by atoms with Gasteiger partial charge < -0.3 is 15.6 Å². The summed E-state index contributed by atoms with van der Waals surface area (Å²) in [6, 6.07) is -0.0402. The van der Waals surface area contributed by atoms with Crippen LogP contribution in [-0.4, -0.2) is 41.2 Å². The van der Waals surface area contributed by atoms with E-state index in [9.17, 15) is 9.59 Å². The summed E-state index contributed by atoms with van der Waals surface area (Å²) < 4.78 is 0. The van der Waals surface area contributed by atoms with Gasteiger partial charge in [0.05, 0.1) is 0 Å². The Morgan fingerprint density at radius 1 is 1.40 bits per heavy atom. The predicted octanol–water partition coefficient (Wildman–Crippen LogP) is 1.93. The van der Waals surface area contributed by atoms with Crippen LogP contribution in [-0.2, 0) is 6.42 Å². The average Bonchev–Trinajstić information content (AvgIpc) is 2.72. The number of nitrogens with two attached hydrogens (primary N) is 1. The maximum atomic E-state index is 12.4. The molecule has 114 valence electrons. The lowest BCUT2D eigenvalue weighted by atomic mass is 10.0. The third-order valence-corrected chi connectivity index (χ3v) is 3.53. The number of halogens is 1. The molecule has 0 aliphatic carbocycles. The molecule has 0 radical (unpaired) electrons. The van der Waals surface area contributed by atoms with Gasteiger partial charge in [0, 0.05) is 30.9 Å². The van der Waals surface area contributed by atoms with E-state index in [1.165, 1.54) is 6.92 Å². The molecule has 5 nitrogen and oxygen atoms in total. The molecule has 0 aliphatic rings. The van der Waals surface area contributed by atoms with Gasteiger partial charge in [-0.1, -0.05) is 6.92 Å². The molecular weight excluding hydrogens is 278 g/mol. The zero-order valence-corrected chi connectivity index (χ0v) is 13.6. The average molecular weight is 302 g/mol. The van der Waals surface area contributed by atoms with Gasteiger partial charge >= 0.3 is 0 Å². The van der Waals surface area contributed by atoms with Gasteiger partial charge in [0.25, 0.3) is 5.91 Å². The van der Waals surface area contributed by atoms with Crippen LogP contribution < -0.4 is 5.73 Å². The van der Waals surface area contributed by atoms with Crippen LogP contribution in [0.5, 0.6) is 0 Å². The van der Waals surface area contributed by atoms with Crippen molar-refractivity contribution in [2.24, 2.45) is 5.73 Å². The lowest BCUT2D eigenvalue weighted by Crippen LogP contribution is -2.40. The summed E-state index contributed by atoms with van der Waals surface area (Å²) in [6.45, 7) is 7.58. The van der Waals surface area contributed by atoms with Crippen LogP contribution in [0.2, 0.25) is 0 Å². The molecule has 0 saturated heterocycles. The van der Waals surface area contributed by atoms with Gasteiger partial charge in [-0.05, 0) is 32.8 Å². The van der Waals surface area contributed by atoms with E-state index in [2.05, 4.69) is 4.98 Å². The van der Waals surface area contributed by atoms with Crippen molar-refractivity contribution >= 4 is 24.1 Å². The number of hydrogen-bond donors (Lipinski definition) is 2. The van der Waals surface area contributed by atoms with E-state index in [-0.39, 0.29) is 30.1 Å². The van der Waals surface area contributed by atoms with Crippen molar-refractivity contribution in [1.29, 1.82) is 0 Å². The van der Waals surface area contributed by atoms with Gasteiger partial charge in [-0.3, -0.25) is 9.59 Å². The lowest BCUT2D eigenvalue weighted by Gasteiger charge is -2.23. The number of H-pyrrole nitrogens is 1. The highest BCUT2D eigenvalue weighted by atomic mass is 35.5. The highest BCUT2D eigenvalue weighted by Gasteiger charge is 2.25. The number of rotatable bonds is 5. The maximum Gasteiger partial charge on any atom is 0.270 e. The van der Waals surface area contributed by atoms with Gasteiger partial charge in [-0.25, -0.2) is 0 Å². The third-order valence-electron chi connectivity index (χ3n) is 3.53. The molecule has 1 aromatic rings. The zero-order valence-electron chi connectivity index (χ0n) is 12.7. The molecule has 1 atom stereocenters. The van der Waals surface area contributed by atoms with Crippen molar-refractivity contribution < 1.29 is 9.59 Å². The number of hydrogen-bond acceptors (Lipinski definition) is 3. The third kappa shape index (κ3) is 3.41. The Morgan fingerprint density at radius 3 is 2.35 bits per heavy atom. The number of carbonyl (C=O) groups excluding carboxylic acids is 2. The Morgan fingerprint density at radius 2 is 1.95 bits per heavy atom. The van der Waals surface area contributed by atoms with Crippen molar-refractivity contribution in [2.75, 3.05) is 13.6 Å². The number of nitrogens with one attached hydrogen (secondary N) is 1. The van der Waals surface area contributed by atoms with E-state index in [4.69, 9.17) is 5.73 Å². The SMILES string of the molecule is CCc1c(C(=O)N(C)C(C)CN)[nH]c(C)c1C(C)=O.Cl. The van der Waals surface area contributed by atoms with E-state index in [1.807, 2.05) is 20.8 Å². The second-order valence-corrected chi connectivity index (χ2v) is 4.89. The summed E-state index contributed by atoms with van der Waals surface area (Å²) in [5.74, 6) is -0.135. The summed E-state index contributed by atoms with van der Waals surface area (Å²) in [7, 11) is 1.73. The van der Waals surface area contributed by atoms with Crippen LogP contribution in [0, 0.1) is 6.92 Å². The first-order chi connectivity index (χ1) is 8.84. The second-order valence-electron chi connectivity index (χ2n) is 4.89. The summed E-state index contributed by atoms with van der Waals surface area (Å²) in [5, 5.41) is 0. The number of amides is 1. The number of aromatic amines is 1. The first-order valence-corrected chi connectivity index (χ1v) is 6.54. The second kappa shape index (κ2) is 7.45. The number of nitrogens with zero attached hydrogens (tertiary/aromatic N) is 1. The van der Waals surface area contributed by atoms with Crippen LogP contribution in [0.15, 0.2) is 0 Å². The fraction of sp³-hybridized carbons (Fsp3) is 0.571. The zero-order chi connectivity index (χ0) is 14.7. The molecule has 1 heterocycles. The Kier molecular flexibility index (Phi) is 6.96. The molecule has 3 N–H and O–H groups in total. The number of aromatic nitrogens is 1. The molecule has 1 aromatic heterocycles. The Hall–Kier alpha value is -1.33. The Balaban J connectivity index is 0.00000361. The van der Waals surface area contributed by atoms with Crippen molar-refractivity contribution in [3.8, 4) is 0 Å². The van der Waals surface area contributed by atoms with Crippen LogP contribution in [0.3, 0.4) is 0 Å². The first kappa shape index (κ1) is 18.7. The topological polar surface area (TPSA) is 79.2 Å². The van der Waals surface area contributed by atoms with Gasteiger partial charge in [0.15, 0.2) is 5.78 Å². The van der Waals surface area contributed by atoms with E-state index in [1.54, 1.807) is 11.9 Å². The largest absolute Gasteiger partial charge is 0.354 e. The normalized spacial score (nSPS) is 11.7. The molecule has 0 saturated carbocycles. The number of likely N-dealkylation sites (N-methyl/N-ethyl adjacent to an activating group) is 1. The Labute approximate surface area is 126 Å². The van der Waals surface area contributed by atoms with Crippen LogP contribution in [0.1, 0.15) is 52.9 Å². The van der Waals surface area contributed by atoms with Gasteiger partial charge in [-0.2, -0.15) is 0 Å². The van der Waals surface area contributed by atoms with Gasteiger partial charge in [-0.15, -0.1) is 12.4 Å². The number of aryl methyl sites for hydroxylation is 1. The van der Waals surface area contributed by atoms with E-state index in [0.717, 1.165) is 11.3 Å². The summed E-state index contributed by atoms with van der Waals surface area (Å²) >= 11 is 0. The maximum absolute atomic E-state index is 12.4. The van der Waals surface area contributed by atoms with Crippen molar-refractivity contribution in [2.45, 2.75) is 40.2 Å². The molecule has 0 aliphatic heterocycles. The minimum atomic E-state index is -0.120. The van der Waals surface area contributed by atoms with Crippen molar-refractivity contribution in [3.63, 3.8) is 0 Å². The molecule has 0 spiro atoms. The standard InChI is InChI=1S/C14H23N3O2.ClH/c1-6-11-12(10(4)18)9(3)16-13(11)14(19)17(5)8(2)7-15;/h8,16H,6-7,15H2,1-5H3;1H. The van der Waals surface area contributed by atoms with E-state index in [0.29, 0.717) is 24.2 Å². The lowest BCUT2D eigenvalue weighted by molar-refractivity contribution is 0.0742. The van der Waals surface area contributed by atoms with Crippen LogP contribution in [0.4, 0.5) is 0 Å². The molecule has 0 bridgehead atoms. The minimum Gasteiger partial charge on any atom is -0.354 e. The fourth-order valence-corrected chi connectivity index (χ4v) is 2.22. The highest BCUT2D eigenvalue weighted by Crippen LogP contribution is 2.21. The number of ketones is 1. The molecule has 1 rings (SSSR count). The summed E-state index contributed by atoms with van der Waals surface area (Å²) in [6.07, 6.45) is 0.644. The van der Waals surface area contributed by atoms with E-state index >= 15 is 0 Å². The molecule has 0 aromatic carbocycles. The van der Waals surface area contributed by atoms with Crippen LogP contribution in [0.25, 0.3) is 0 Å². The van der Waals surface area contributed by atoms with Crippen LogP contribution >= 0.6 is 12.4 Å². The number of Topliss-reactive ketones (excluding diaryl/α,β-unsaturated/α-hetero) is 1. The fourth-order valence-electron chi connectivity index (χ4n) is 2.22. The molecular formula is C14H24ClN3O2. The molecule has 6 heteroatoms. The van der Waals surface area contributed by atoms with Gasteiger partial charge in [0.1, 0.15) is 5.69 Å². The molecule has 1 amide bonds. The predicted molar refractivity (Wildman–Crippen MR) is 82.8 cm³/mol. The minimum absolute atomic E-state index is 0. The molecule has 20 heavy (non-hydrogen) atoms. The summed E-state index contributed by atoms with van der Waals surface area (Å²) in [5.41, 5.74) is 8.28. The van der Waals surface area contributed by atoms with Gasteiger partial charge in [0.2, 0.25) is 0 Å². The smallest absolute Gasteiger partial charge is 0.270 e. The summed E-state index contributed by atoms with van der Waals surface area (Å²) in [4.78, 5) is 28.8. The molecule has 1 unspecified atom stereocenters. The van der Waals surface area contributed by atoms with Crippen molar-refractivity contribution in [3.05, 3.63) is 22.5 Å². The monoisotopic (exact) mass is 301 g/mol. The number of carbonyl (C=O) groups is 2. The molecule has 0 fully saturated rings. The van der Waals surface area contributed by atoms with Crippen molar-refractivity contribution in [1.82, 2.24) is 9.88 Å². The Bertz CT molecular complexity index is 497. The quantitative estimate of drug-likeness (QED) is 0.816.